The highest BCUT2D eigenvalue weighted by atomic mass is 16.4. The van der Waals surface area contributed by atoms with Crippen LogP contribution in [-0.2, 0) is 14.4 Å². The van der Waals surface area contributed by atoms with Gasteiger partial charge in [-0.1, -0.05) is 19.3 Å². The van der Waals surface area contributed by atoms with E-state index in [2.05, 4.69) is 5.32 Å². The number of likely N-dealkylation sites (N-methyl/N-ethyl adjacent to an activating group) is 1. The third-order valence-corrected chi connectivity index (χ3v) is 4.10. The number of amides is 2. The minimum absolute atomic E-state index is 0.0363. The molecule has 1 saturated carbocycles. The van der Waals surface area contributed by atoms with Crippen LogP contribution in [0.5, 0.6) is 0 Å². The van der Waals surface area contributed by atoms with E-state index in [0.29, 0.717) is 19.4 Å². The van der Waals surface area contributed by atoms with E-state index in [1.165, 1.54) is 4.90 Å². The van der Waals surface area contributed by atoms with Gasteiger partial charge in [-0.15, -0.1) is 0 Å². The van der Waals surface area contributed by atoms with Crippen LogP contribution in [0.25, 0.3) is 0 Å². The Bertz CT molecular complexity index is 375. The molecule has 0 saturated heterocycles. The first-order chi connectivity index (χ1) is 9.41. The minimum atomic E-state index is -0.942. The van der Waals surface area contributed by atoms with Crippen LogP contribution in [0.3, 0.4) is 0 Å². The second-order valence-corrected chi connectivity index (χ2v) is 5.51. The SMILES string of the molecule is CCN(C)C(=O)CNC(=O)CC1(C(=O)O)CCCCC1. The topological polar surface area (TPSA) is 86.7 Å². The normalized spacial score (nSPS) is 17.3. The van der Waals surface area contributed by atoms with E-state index in [-0.39, 0.29) is 24.8 Å². The molecule has 0 heterocycles. The van der Waals surface area contributed by atoms with E-state index in [1.54, 1.807) is 7.05 Å². The molecule has 6 heteroatoms. The van der Waals surface area contributed by atoms with Crippen LogP contribution in [0.15, 0.2) is 0 Å². The summed E-state index contributed by atoms with van der Waals surface area (Å²) in [5.41, 5.74) is -0.942. The van der Waals surface area contributed by atoms with Crippen molar-refractivity contribution in [3.8, 4) is 0 Å². The quantitative estimate of drug-likeness (QED) is 0.762. The molecule has 6 nitrogen and oxygen atoms in total. The summed E-state index contributed by atoms with van der Waals surface area (Å²) in [6, 6.07) is 0. The highest BCUT2D eigenvalue weighted by molar-refractivity contribution is 5.88. The van der Waals surface area contributed by atoms with Gasteiger partial charge in [-0.2, -0.15) is 0 Å². The lowest BCUT2D eigenvalue weighted by molar-refractivity contribution is -0.154. The van der Waals surface area contributed by atoms with Crippen LogP contribution >= 0.6 is 0 Å². The highest BCUT2D eigenvalue weighted by Gasteiger charge is 2.41. The molecule has 114 valence electrons. The molecule has 0 bridgehead atoms. The molecule has 0 aromatic heterocycles. The van der Waals surface area contributed by atoms with E-state index in [1.807, 2.05) is 6.92 Å². The summed E-state index contributed by atoms with van der Waals surface area (Å²) in [4.78, 5) is 36.4. The zero-order valence-electron chi connectivity index (χ0n) is 12.3. The maximum atomic E-state index is 11.9. The Labute approximate surface area is 119 Å². The molecular formula is C14H24N2O4. The second-order valence-electron chi connectivity index (χ2n) is 5.51. The molecule has 0 aromatic rings. The van der Waals surface area contributed by atoms with Crippen LogP contribution in [0.4, 0.5) is 0 Å². The average molecular weight is 284 g/mol. The van der Waals surface area contributed by atoms with Gasteiger partial charge in [-0.25, -0.2) is 0 Å². The lowest BCUT2D eigenvalue weighted by Crippen LogP contribution is -2.42. The van der Waals surface area contributed by atoms with E-state index in [4.69, 9.17) is 0 Å². The molecule has 1 aliphatic carbocycles. The molecule has 20 heavy (non-hydrogen) atoms. The van der Waals surface area contributed by atoms with Crippen molar-refractivity contribution in [1.29, 1.82) is 0 Å². The Morgan fingerprint density at radius 2 is 1.80 bits per heavy atom. The summed E-state index contributed by atoms with van der Waals surface area (Å²) in [6.07, 6.45) is 3.76. The summed E-state index contributed by atoms with van der Waals surface area (Å²) in [5.74, 6) is -1.43. The predicted molar refractivity (Wildman–Crippen MR) is 74.1 cm³/mol. The Morgan fingerprint density at radius 3 is 2.30 bits per heavy atom. The van der Waals surface area contributed by atoms with Gasteiger partial charge in [-0.3, -0.25) is 14.4 Å². The average Bonchev–Trinajstić information content (AvgIpc) is 2.44. The fraction of sp³-hybridized carbons (Fsp3) is 0.786. The number of aliphatic carboxylic acids is 1. The number of carboxylic acid groups (broad SMARTS) is 1. The molecule has 0 radical (unpaired) electrons. The van der Waals surface area contributed by atoms with E-state index < -0.39 is 11.4 Å². The smallest absolute Gasteiger partial charge is 0.310 e. The first kappa shape index (κ1) is 16.5. The number of carboxylic acids is 1. The van der Waals surface area contributed by atoms with Crippen LogP contribution in [0.1, 0.15) is 45.4 Å². The Morgan fingerprint density at radius 1 is 1.20 bits per heavy atom. The number of hydrogen-bond donors (Lipinski definition) is 2. The molecule has 2 N–H and O–H groups in total. The van der Waals surface area contributed by atoms with Gasteiger partial charge in [0.05, 0.1) is 12.0 Å². The Hall–Kier alpha value is -1.59. The highest BCUT2D eigenvalue weighted by Crippen LogP contribution is 2.39. The zero-order valence-corrected chi connectivity index (χ0v) is 12.3. The predicted octanol–water partition coefficient (Wildman–Crippen LogP) is 1.01. The summed E-state index contributed by atoms with van der Waals surface area (Å²) < 4.78 is 0. The molecule has 1 rings (SSSR count). The summed E-state index contributed by atoms with van der Waals surface area (Å²) >= 11 is 0. The first-order valence-electron chi connectivity index (χ1n) is 7.15. The van der Waals surface area contributed by atoms with Crippen LogP contribution in [0, 0.1) is 5.41 Å². The van der Waals surface area contributed by atoms with Crippen molar-refractivity contribution < 1.29 is 19.5 Å². The van der Waals surface area contributed by atoms with Crippen LogP contribution in [-0.4, -0.2) is 47.9 Å². The van der Waals surface area contributed by atoms with Crippen molar-refractivity contribution in [2.45, 2.75) is 45.4 Å². The molecule has 0 spiro atoms. The van der Waals surface area contributed by atoms with Crippen molar-refractivity contribution in [3.63, 3.8) is 0 Å². The molecule has 0 aromatic carbocycles. The lowest BCUT2D eigenvalue weighted by atomic mass is 9.71. The number of hydrogen-bond acceptors (Lipinski definition) is 3. The van der Waals surface area contributed by atoms with Crippen molar-refractivity contribution in [2.75, 3.05) is 20.1 Å². The minimum Gasteiger partial charge on any atom is -0.481 e. The Balaban J connectivity index is 2.51. The summed E-state index contributed by atoms with van der Waals surface area (Å²) in [5, 5.41) is 11.9. The maximum absolute atomic E-state index is 11.9. The van der Waals surface area contributed by atoms with Gasteiger partial charge in [0.25, 0.3) is 0 Å². The monoisotopic (exact) mass is 284 g/mol. The van der Waals surface area contributed by atoms with Crippen LogP contribution < -0.4 is 5.32 Å². The van der Waals surface area contributed by atoms with Gasteiger partial charge in [-0.05, 0) is 19.8 Å². The standard InChI is InChI=1S/C14H24N2O4/c1-3-16(2)12(18)10-15-11(17)9-14(13(19)20)7-5-4-6-8-14/h3-10H2,1-2H3,(H,15,17)(H,19,20). The van der Waals surface area contributed by atoms with Gasteiger partial charge in [0.15, 0.2) is 0 Å². The Kier molecular flexibility index (Phi) is 5.98. The van der Waals surface area contributed by atoms with Crippen molar-refractivity contribution in [3.05, 3.63) is 0 Å². The van der Waals surface area contributed by atoms with Crippen molar-refractivity contribution >= 4 is 17.8 Å². The number of carbonyl (C=O) groups excluding carboxylic acids is 2. The molecule has 1 fully saturated rings. The molecule has 0 aliphatic heterocycles. The lowest BCUT2D eigenvalue weighted by Gasteiger charge is -2.32. The summed E-state index contributed by atoms with van der Waals surface area (Å²) in [7, 11) is 1.66. The van der Waals surface area contributed by atoms with Crippen molar-refractivity contribution in [1.82, 2.24) is 10.2 Å². The fourth-order valence-corrected chi connectivity index (χ4v) is 2.55. The second kappa shape index (κ2) is 7.26. The van der Waals surface area contributed by atoms with E-state index in [9.17, 15) is 19.5 Å². The van der Waals surface area contributed by atoms with Gasteiger partial charge in [0, 0.05) is 20.0 Å². The fourth-order valence-electron chi connectivity index (χ4n) is 2.55. The third kappa shape index (κ3) is 4.21. The summed E-state index contributed by atoms with van der Waals surface area (Å²) in [6.45, 7) is 2.35. The zero-order chi connectivity index (χ0) is 15.2. The number of rotatable bonds is 6. The molecular weight excluding hydrogens is 260 g/mol. The van der Waals surface area contributed by atoms with Gasteiger partial charge >= 0.3 is 5.97 Å². The largest absolute Gasteiger partial charge is 0.481 e. The van der Waals surface area contributed by atoms with Crippen molar-refractivity contribution in [2.24, 2.45) is 5.41 Å². The first-order valence-corrected chi connectivity index (χ1v) is 7.15. The van der Waals surface area contributed by atoms with Gasteiger partial charge in [0.2, 0.25) is 11.8 Å². The number of nitrogens with zero attached hydrogens (tertiary/aromatic N) is 1. The third-order valence-electron chi connectivity index (χ3n) is 4.10. The maximum Gasteiger partial charge on any atom is 0.310 e. The van der Waals surface area contributed by atoms with Gasteiger partial charge < -0.3 is 15.3 Å². The van der Waals surface area contributed by atoms with E-state index in [0.717, 1.165) is 19.3 Å². The van der Waals surface area contributed by atoms with Crippen LogP contribution in [0.2, 0.25) is 0 Å². The molecule has 0 atom stereocenters. The molecule has 1 aliphatic rings. The number of nitrogens with one attached hydrogen (secondary N) is 1. The van der Waals surface area contributed by atoms with Gasteiger partial charge in [0.1, 0.15) is 0 Å². The van der Waals surface area contributed by atoms with E-state index >= 15 is 0 Å². The number of carbonyl (C=O) groups is 3. The molecule has 0 unspecified atom stereocenters. The molecule has 2 amide bonds.